The molecule has 1 atom stereocenters. The molecule has 0 aliphatic carbocycles. The quantitative estimate of drug-likeness (QED) is 0.454. The van der Waals surface area contributed by atoms with Crippen molar-refractivity contribution in [2.24, 2.45) is 0 Å². The van der Waals surface area contributed by atoms with Crippen LogP contribution in [-0.2, 0) is 19.0 Å². The zero-order valence-electron chi connectivity index (χ0n) is 19.4. The molecule has 2 aromatic carbocycles. The van der Waals surface area contributed by atoms with Gasteiger partial charge in [-0.1, -0.05) is 11.6 Å². The van der Waals surface area contributed by atoms with E-state index in [0.29, 0.717) is 23.8 Å². The molecule has 8 heteroatoms. The summed E-state index contributed by atoms with van der Waals surface area (Å²) in [5.41, 5.74) is 2.77. The Balaban J connectivity index is 2.05. The first kappa shape index (κ1) is 25.3. The topological polar surface area (TPSA) is 60.0 Å². The van der Waals surface area contributed by atoms with E-state index in [0.717, 1.165) is 36.4 Å². The molecular weight excluding hydrogens is 447 g/mol. The Morgan fingerprint density at radius 2 is 1.94 bits per heavy atom. The maximum Gasteiger partial charge on any atom is 0.306 e. The fourth-order valence-electron chi connectivity index (χ4n) is 4.29. The molecule has 0 bridgehead atoms. The molecule has 0 radical (unpaired) electrons. The normalized spacial score (nSPS) is 15.2. The Morgan fingerprint density at radius 1 is 1.24 bits per heavy atom. The van der Waals surface area contributed by atoms with Crippen molar-refractivity contribution in [1.29, 1.82) is 0 Å². The molecule has 180 valence electrons. The fraction of sp³-hybridized carbons (Fsp3) is 0.480. The SMILES string of the molecule is CCN(c1cc(F)c(C(COC)CC(=O)OC)cc1Nc1ccc(Cl)cc1)C1CCOCC1. The lowest BCUT2D eigenvalue weighted by atomic mass is 9.94. The third-order valence-electron chi connectivity index (χ3n) is 5.97. The van der Waals surface area contributed by atoms with Gasteiger partial charge in [-0.2, -0.15) is 0 Å². The predicted octanol–water partition coefficient (Wildman–Crippen LogP) is 5.52. The number of carbonyl (C=O) groups excluding carboxylic acids is 1. The van der Waals surface area contributed by atoms with Gasteiger partial charge in [0, 0.05) is 49.5 Å². The van der Waals surface area contributed by atoms with Crippen LogP contribution in [0.4, 0.5) is 21.5 Å². The van der Waals surface area contributed by atoms with E-state index in [9.17, 15) is 4.79 Å². The number of nitrogens with zero attached hydrogens (tertiary/aromatic N) is 1. The number of nitrogens with one attached hydrogen (secondary N) is 1. The summed E-state index contributed by atoms with van der Waals surface area (Å²) < 4.78 is 31.1. The van der Waals surface area contributed by atoms with Crippen molar-refractivity contribution in [3.05, 3.63) is 52.8 Å². The van der Waals surface area contributed by atoms with Crippen LogP contribution in [0.3, 0.4) is 0 Å². The molecule has 1 aliphatic heterocycles. The van der Waals surface area contributed by atoms with Gasteiger partial charge in [-0.15, -0.1) is 0 Å². The lowest BCUT2D eigenvalue weighted by molar-refractivity contribution is -0.141. The fourth-order valence-corrected chi connectivity index (χ4v) is 4.41. The highest BCUT2D eigenvalue weighted by Crippen LogP contribution is 2.37. The van der Waals surface area contributed by atoms with Crippen molar-refractivity contribution in [1.82, 2.24) is 0 Å². The highest BCUT2D eigenvalue weighted by Gasteiger charge is 2.27. The molecule has 0 spiro atoms. The highest BCUT2D eigenvalue weighted by molar-refractivity contribution is 6.30. The first-order valence-corrected chi connectivity index (χ1v) is 11.6. The minimum atomic E-state index is -0.472. The average Bonchev–Trinajstić information content (AvgIpc) is 2.82. The van der Waals surface area contributed by atoms with Crippen molar-refractivity contribution in [3.8, 4) is 0 Å². The minimum absolute atomic E-state index is 0.0262. The van der Waals surface area contributed by atoms with Gasteiger partial charge < -0.3 is 24.4 Å². The minimum Gasteiger partial charge on any atom is -0.469 e. The number of halogens is 2. The first-order chi connectivity index (χ1) is 16.0. The third kappa shape index (κ3) is 6.59. The van der Waals surface area contributed by atoms with Crippen LogP contribution in [0.15, 0.2) is 36.4 Å². The summed E-state index contributed by atoms with van der Waals surface area (Å²) in [5, 5.41) is 4.07. The molecular formula is C25H32ClFN2O4. The molecule has 0 amide bonds. The van der Waals surface area contributed by atoms with E-state index in [-0.39, 0.29) is 24.9 Å². The maximum atomic E-state index is 15.5. The molecule has 1 fully saturated rings. The summed E-state index contributed by atoms with van der Waals surface area (Å²) in [7, 11) is 2.86. The van der Waals surface area contributed by atoms with E-state index in [1.54, 1.807) is 24.3 Å². The predicted molar refractivity (Wildman–Crippen MR) is 129 cm³/mol. The first-order valence-electron chi connectivity index (χ1n) is 11.2. The van der Waals surface area contributed by atoms with Crippen LogP contribution in [-0.4, -0.2) is 52.6 Å². The lowest BCUT2D eigenvalue weighted by Crippen LogP contribution is -2.39. The van der Waals surface area contributed by atoms with Crippen LogP contribution in [0.1, 0.15) is 37.7 Å². The second-order valence-corrected chi connectivity index (χ2v) is 8.52. The van der Waals surface area contributed by atoms with Gasteiger partial charge in [-0.25, -0.2) is 4.39 Å². The van der Waals surface area contributed by atoms with E-state index in [4.69, 9.17) is 25.8 Å². The van der Waals surface area contributed by atoms with Crippen molar-refractivity contribution < 1.29 is 23.4 Å². The molecule has 1 heterocycles. The summed E-state index contributed by atoms with van der Waals surface area (Å²) >= 11 is 6.05. The summed E-state index contributed by atoms with van der Waals surface area (Å²) in [6.45, 7) is 4.37. The van der Waals surface area contributed by atoms with Gasteiger partial charge in [0.2, 0.25) is 0 Å². The standard InChI is InChI=1S/C25H32ClFN2O4/c1-4-29(20-9-11-33-12-10-20)24-15-22(27)21(17(16-31-2)13-25(30)32-3)14-23(24)28-19-7-5-18(26)6-8-19/h5-8,14-15,17,20,28H,4,9-13,16H2,1-3H3. The average molecular weight is 479 g/mol. The van der Waals surface area contributed by atoms with Crippen LogP contribution in [0.25, 0.3) is 0 Å². The number of anilines is 3. The van der Waals surface area contributed by atoms with Crippen LogP contribution in [0, 0.1) is 5.82 Å². The zero-order chi connectivity index (χ0) is 23.8. The third-order valence-corrected chi connectivity index (χ3v) is 6.22. The lowest BCUT2D eigenvalue weighted by Gasteiger charge is -2.37. The Morgan fingerprint density at radius 3 is 2.55 bits per heavy atom. The van der Waals surface area contributed by atoms with Crippen molar-refractivity contribution in [2.45, 2.75) is 38.1 Å². The zero-order valence-corrected chi connectivity index (χ0v) is 20.2. The van der Waals surface area contributed by atoms with Crippen LogP contribution in [0.5, 0.6) is 0 Å². The van der Waals surface area contributed by atoms with E-state index in [1.165, 1.54) is 14.2 Å². The second-order valence-electron chi connectivity index (χ2n) is 8.08. The number of hydrogen-bond acceptors (Lipinski definition) is 6. The van der Waals surface area contributed by atoms with E-state index < -0.39 is 11.9 Å². The summed E-state index contributed by atoms with van der Waals surface area (Å²) in [4.78, 5) is 14.2. The van der Waals surface area contributed by atoms with Gasteiger partial charge in [-0.3, -0.25) is 4.79 Å². The monoisotopic (exact) mass is 478 g/mol. The van der Waals surface area contributed by atoms with E-state index in [1.807, 2.05) is 12.1 Å². The van der Waals surface area contributed by atoms with Crippen molar-refractivity contribution >= 4 is 34.6 Å². The molecule has 1 N–H and O–H groups in total. The number of methoxy groups -OCH3 is 2. The summed E-state index contributed by atoms with van der Waals surface area (Å²) in [5.74, 6) is -1.26. The van der Waals surface area contributed by atoms with Gasteiger partial charge in [0.05, 0.1) is 31.5 Å². The number of carbonyl (C=O) groups is 1. The van der Waals surface area contributed by atoms with Gasteiger partial charge in [0.15, 0.2) is 0 Å². The Hall–Kier alpha value is -2.35. The van der Waals surface area contributed by atoms with Crippen LogP contribution in [0.2, 0.25) is 5.02 Å². The van der Waals surface area contributed by atoms with Gasteiger partial charge in [-0.05, 0) is 61.7 Å². The van der Waals surface area contributed by atoms with Gasteiger partial charge in [0.25, 0.3) is 0 Å². The summed E-state index contributed by atoms with van der Waals surface area (Å²) in [6.07, 6.45) is 1.79. The van der Waals surface area contributed by atoms with Crippen LogP contribution < -0.4 is 10.2 Å². The number of rotatable bonds is 10. The highest BCUT2D eigenvalue weighted by atomic mass is 35.5. The number of hydrogen-bond donors (Lipinski definition) is 1. The van der Waals surface area contributed by atoms with Crippen molar-refractivity contribution in [2.75, 3.05) is 50.8 Å². The maximum absolute atomic E-state index is 15.5. The molecule has 1 saturated heterocycles. The number of ether oxygens (including phenoxy) is 3. The van der Waals surface area contributed by atoms with E-state index in [2.05, 4.69) is 17.1 Å². The Bertz CT molecular complexity index is 919. The Labute approximate surface area is 200 Å². The molecule has 1 aliphatic rings. The molecule has 33 heavy (non-hydrogen) atoms. The van der Waals surface area contributed by atoms with Crippen LogP contribution >= 0.6 is 11.6 Å². The molecule has 2 aromatic rings. The smallest absolute Gasteiger partial charge is 0.306 e. The van der Waals surface area contributed by atoms with Gasteiger partial charge >= 0.3 is 5.97 Å². The molecule has 0 aromatic heterocycles. The van der Waals surface area contributed by atoms with Crippen molar-refractivity contribution in [3.63, 3.8) is 0 Å². The summed E-state index contributed by atoms with van der Waals surface area (Å²) in [6, 6.07) is 11.0. The largest absolute Gasteiger partial charge is 0.469 e. The molecule has 1 unspecified atom stereocenters. The number of esters is 1. The molecule has 0 saturated carbocycles. The molecule has 3 rings (SSSR count). The van der Waals surface area contributed by atoms with Gasteiger partial charge in [0.1, 0.15) is 5.82 Å². The Kier molecular flexibility index (Phi) is 9.35. The second kappa shape index (κ2) is 12.2. The molecule has 6 nitrogen and oxygen atoms in total. The van der Waals surface area contributed by atoms with E-state index >= 15 is 4.39 Å². The number of benzene rings is 2.